The van der Waals surface area contributed by atoms with Gasteiger partial charge in [-0.3, -0.25) is 4.79 Å². The summed E-state index contributed by atoms with van der Waals surface area (Å²) in [7, 11) is 0. The van der Waals surface area contributed by atoms with Crippen molar-refractivity contribution in [2.24, 2.45) is 5.92 Å². The predicted octanol–water partition coefficient (Wildman–Crippen LogP) is 2.09. The summed E-state index contributed by atoms with van der Waals surface area (Å²) in [5, 5.41) is 0. The lowest BCUT2D eigenvalue weighted by atomic mass is 10.0. The molecule has 100 valence electrons. The Kier molecular flexibility index (Phi) is 4.39. The van der Waals surface area contributed by atoms with Crippen LogP contribution in [0.2, 0.25) is 0 Å². The Morgan fingerprint density at radius 2 is 2.28 bits per heavy atom. The fraction of sp³-hybridized carbons (Fsp3) is 0.714. The smallest absolute Gasteiger partial charge is 0.225 e. The average molecular weight is 249 g/mol. The van der Waals surface area contributed by atoms with E-state index in [0.717, 1.165) is 45.3 Å². The third-order valence-electron chi connectivity index (χ3n) is 3.79. The monoisotopic (exact) mass is 249 g/mol. The molecule has 18 heavy (non-hydrogen) atoms. The summed E-state index contributed by atoms with van der Waals surface area (Å²) < 4.78 is 2.16. The van der Waals surface area contributed by atoms with Gasteiger partial charge in [0.15, 0.2) is 0 Å². The van der Waals surface area contributed by atoms with E-state index in [1.807, 2.05) is 17.4 Å². The van der Waals surface area contributed by atoms with Gasteiger partial charge in [0.2, 0.25) is 5.91 Å². The van der Waals surface area contributed by atoms with Gasteiger partial charge in [0.25, 0.3) is 0 Å². The first-order valence-corrected chi connectivity index (χ1v) is 7.04. The van der Waals surface area contributed by atoms with E-state index in [4.69, 9.17) is 0 Å². The van der Waals surface area contributed by atoms with Crippen LogP contribution in [0.15, 0.2) is 12.5 Å². The number of rotatable bonds is 6. The molecule has 0 N–H and O–H groups in total. The second-order valence-electron chi connectivity index (χ2n) is 5.02. The van der Waals surface area contributed by atoms with Crippen LogP contribution in [0.25, 0.3) is 0 Å². The molecule has 0 saturated carbocycles. The summed E-state index contributed by atoms with van der Waals surface area (Å²) in [5.41, 5.74) is 1.25. The molecule has 1 aliphatic heterocycles. The van der Waals surface area contributed by atoms with Crippen molar-refractivity contribution in [3.63, 3.8) is 0 Å². The Bertz CT molecular complexity index is 399. The number of carbonyl (C=O) groups excluding carboxylic acids is 1. The SMILES string of the molecule is CCCN1CC[C@@H](CCc2cncn2CC)C1=O. The highest BCUT2D eigenvalue weighted by atomic mass is 16.2. The van der Waals surface area contributed by atoms with E-state index in [0.29, 0.717) is 5.91 Å². The molecule has 1 aromatic heterocycles. The molecule has 1 aromatic rings. The lowest BCUT2D eigenvalue weighted by Crippen LogP contribution is -2.28. The molecule has 0 bridgehead atoms. The zero-order valence-electron chi connectivity index (χ0n) is 11.4. The number of aromatic nitrogens is 2. The maximum absolute atomic E-state index is 12.1. The Morgan fingerprint density at radius 3 is 3.00 bits per heavy atom. The number of hydrogen-bond donors (Lipinski definition) is 0. The van der Waals surface area contributed by atoms with Gasteiger partial charge in [-0.05, 0) is 32.6 Å². The van der Waals surface area contributed by atoms with Crippen LogP contribution >= 0.6 is 0 Å². The number of amides is 1. The Balaban J connectivity index is 1.86. The summed E-state index contributed by atoms with van der Waals surface area (Å²) in [4.78, 5) is 18.3. The van der Waals surface area contributed by atoms with Gasteiger partial charge in [-0.25, -0.2) is 4.98 Å². The van der Waals surface area contributed by atoms with Crippen LogP contribution in [0, 0.1) is 5.92 Å². The van der Waals surface area contributed by atoms with Gasteiger partial charge in [0, 0.05) is 37.4 Å². The molecule has 4 heteroatoms. The molecule has 1 saturated heterocycles. The van der Waals surface area contributed by atoms with E-state index in [1.165, 1.54) is 5.69 Å². The van der Waals surface area contributed by atoms with Gasteiger partial charge in [-0.2, -0.15) is 0 Å². The minimum atomic E-state index is 0.233. The van der Waals surface area contributed by atoms with Gasteiger partial charge >= 0.3 is 0 Å². The second kappa shape index (κ2) is 6.03. The van der Waals surface area contributed by atoms with E-state index in [9.17, 15) is 4.79 Å². The molecule has 0 radical (unpaired) electrons. The molecule has 1 aliphatic rings. The largest absolute Gasteiger partial charge is 0.342 e. The van der Waals surface area contributed by atoms with Gasteiger partial charge in [0.1, 0.15) is 0 Å². The molecule has 0 aliphatic carbocycles. The fourth-order valence-electron chi connectivity index (χ4n) is 2.73. The van der Waals surface area contributed by atoms with Crippen molar-refractivity contribution in [3.05, 3.63) is 18.2 Å². The van der Waals surface area contributed by atoms with Gasteiger partial charge < -0.3 is 9.47 Å². The number of imidazole rings is 1. The van der Waals surface area contributed by atoms with Crippen LogP contribution in [0.5, 0.6) is 0 Å². The van der Waals surface area contributed by atoms with E-state index in [1.54, 1.807) is 0 Å². The lowest BCUT2D eigenvalue weighted by Gasteiger charge is -2.15. The van der Waals surface area contributed by atoms with E-state index < -0.39 is 0 Å². The van der Waals surface area contributed by atoms with Crippen LogP contribution in [0.3, 0.4) is 0 Å². The molecule has 1 atom stereocenters. The maximum Gasteiger partial charge on any atom is 0.225 e. The van der Waals surface area contributed by atoms with Crippen molar-refractivity contribution < 1.29 is 4.79 Å². The summed E-state index contributed by atoms with van der Waals surface area (Å²) in [6.45, 7) is 7.07. The number of likely N-dealkylation sites (tertiary alicyclic amines) is 1. The molecule has 0 unspecified atom stereocenters. The molecule has 0 aromatic carbocycles. The molecular formula is C14H23N3O. The number of carbonyl (C=O) groups is 1. The molecule has 0 spiro atoms. The highest BCUT2D eigenvalue weighted by molar-refractivity contribution is 5.80. The number of aryl methyl sites for hydroxylation is 2. The van der Waals surface area contributed by atoms with Crippen molar-refractivity contribution in [1.82, 2.24) is 14.5 Å². The highest BCUT2D eigenvalue weighted by Gasteiger charge is 2.30. The third-order valence-corrected chi connectivity index (χ3v) is 3.79. The second-order valence-corrected chi connectivity index (χ2v) is 5.02. The van der Waals surface area contributed by atoms with Crippen LogP contribution < -0.4 is 0 Å². The van der Waals surface area contributed by atoms with Gasteiger partial charge in [-0.1, -0.05) is 6.92 Å². The zero-order valence-corrected chi connectivity index (χ0v) is 11.4. The molecule has 2 rings (SSSR count). The zero-order chi connectivity index (χ0) is 13.0. The Hall–Kier alpha value is -1.32. The van der Waals surface area contributed by atoms with E-state index in [2.05, 4.69) is 23.4 Å². The molecule has 2 heterocycles. The molecule has 4 nitrogen and oxygen atoms in total. The lowest BCUT2D eigenvalue weighted by molar-refractivity contribution is -0.131. The maximum atomic E-state index is 12.1. The van der Waals surface area contributed by atoms with Crippen molar-refractivity contribution >= 4 is 5.91 Å². The third kappa shape index (κ3) is 2.74. The van der Waals surface area contributed by atoms with Crippen LogP contribution in [0.4, 0.5) is 0 Å². The first-order valence-electron chi connectivity index (χ1n) is 7.04. The van der Waals surface area contributed by atoms with E-state index >= 15 is 0 Å². The number of nitrogens with zero attached hydrogens (tertiary/aromatic N) is 3. The average Bonchev–Trinajstić information content (AvgIpc) is 2.96. The fourth-order valence-corrected chi connectivity index (χ4v) is 2.73. The highest BCUT2D eigenvalue weighted by Crippen LogP contribution is 2.23. The summed E-state index contributed by atoms with van der Waals surface area (Å²) in [5.74, 6) is 0.594. The van der Waals surface area contributed by atoms with Crippen LogP contribution in [-0.4, -0.2) is 33.4 Å². The summed E-state index contributed by atoms with van der Waals surface area (Å²) in [6, 6.07) is 0. The summed E-state index contributed by atoms with van der Waals surface area (Å²) in [6.07, 6.45) is 7.80. The predicted molar refractivity (Wildman–Crippen MR) is 71.2 cm³/mol. The van der Waals surface area contributed by atoms with Gasteiger partial charge in [-0.15, -0.1) is 0 Å². The van der Waals surface area contributed by atoms with Crippen molar-refractivity contribution in [1.29, 1.82) is 0 Å². The summed E-state index contributed by atoms with van der Waals surface area (Å²) >= 11 is 0. The minimum Gasteiger partial charge on any atom is -0.342 e. The standard InChI is InChI=1S/C14H23N3O/c1-3-8-17-9-7-12(14(17)18)5-6-13-10-15-11-16(13)4-2/h10-12H,3-9H2,1-2H3/t12-/m1/s1. The van der Waals surface area contributed by atoms with E-state index in [-0.39, 0.29) is 5.92 Å². The van der Waals surface area contributed by atoms with Crippen molar-refractivity contribution in [2.75, 3.05) is 13.1 Å². The van der Waals surface area contributed by atoms with Crippen molar-refractivity contribution in [3.8, 4) is 0 Å². The normalized spacial score (nSPS) is 19.8. The molecular weight excluding hydrogens is 226 g/mol. The minimum absolute atomic E-state index is 0.233. The first kappa shape index (κ1) is 13.1. The quantitative estimate of drug-likeness (QED) is 0.774. The molecule has 1 fully saturated rings. The van der Waals surface area contributed by atoms with Crippen molar-refractivity contribution in [2.45, 2.75) is 46.1 Å². The number of hydrogen-bond acceptors (Lipinski definition) is 2. The van der Waals surface area contributed by atoms with Crippen LogP contribution in [0.1, 0.15) is 38.8 Å². The van der Waals surface area contributed by atoms with Gasteiger partial charge in [0.05, 0.1) is 6.33 Å². The first-order chi connectivity index (χ1) is 8.76. The van der Waals surface area contributed by atoms with Crippen LogP contribution in [-0.2, 0) is 17.8 Å². The Labute approximate surface area is 109 Å². The molecule has 1 amide bonds. The Morgan fingerprint density at radius 1 is 1.44 bits per heavy atom. The topological polar surface area (TPSA) is 38.1 Å².